The zero-order valence-electron chi connectivity index (χ0n) is 18.1. The van der Waals surface area contributed by atoms with Gasteiger partial charge in [0, 0.05) is 31.9 Å². The minimum atomic E-state index is -3.54. The van der Waals surface area contributed by atoms with E-state index in [1.807, 2.05) is 13.8 Å². The summed E-state index contributed by atoms with van der Waals surface area (Å²) < 4.78 is 37.4. The average Bonchev–Trinajstić information content (AvgIpc) is 3.15. The summed E-state index contributed by atoms with van der Waals surface area (Å²) >= 11 is 6.41. The molecule has 7 nitrogen and oxygen atoms in total. The highest BCUT2D eigenvalue weighted by atomic mass is 35.5. The van der Waals surface area contributed by atoms with Gasteiger partial charge in [-0.05, 0) is 55.7 Å². The Kier molecular flexibility index (Phi) is 7.13. The van der Waals surface area contributed by atoms with Gasteiger partial charge < -0.3 is 14.4 Å². The van der Waals surface area contributed by atoms with Crippen LogP contribution in [0.2, 0.25) is 5.02 Å². The van der Waals surface area contributed by atoms with Crippen molar-refractivity contribution >= 4 is 33.2 Å². The molecule has 2 aromatic carbocycles. The summed E-state index contributed by atoms with van der Waals surface area (Å²) in [6.07, 6.45) is 1.39. The minimum Gasteiger partial charge on any atom is -0.490 e. The Morgan fingerprint density at radius 1 is 1.16 bits per heavy atom. The lowest BCUT2D eigenvalue weighted by Crippen LogP contribution is -2.29. The Balaban J connectivity index is 1.93. The topological polar surface area (TPSA) is 76.2 Å². The van der Waals surface area contributed by atoms with Crippen molar-refractivity contribution in [1.82, 2.24) is 4.31 Å². The third-order valence-electron chi connectivity index (χ3n) is 4.98. The molecule has 168 valence electrons. The van der Waals surface area contributed by atoms with E-state index in [-0.39, 0.29) is 10.8 Å². The lowest BCUT2D eigenvalue weighted by molar-refractivity contribution is 0.0989. The van der Waals surface area contributed by atoms with E-state index < -0.39 is 10.0 Å². The number of carbonyl (C=O) groups excluding carboxylic acids is 1. The van der Waals surface area contributed by atoms with Gasteiger partial charge in [-0.1, -0.05) is 18.5 Å². The van der Waals surface area contributed by atoms with E-state index in [4.69, 9.17) is 21.1 Å². The molecule has 1 amide bonds. The molecular weight excluding hydrogens is 440 g/mol. The van der Waals surface area contributed by atoms with E-state index in [1.54, 1.807) is 29.2 Å². The summed E-state index contributed by atoms with van der Waals surface area (Å²) in [5.41, 5.74) is 1.90. The molecule has 0 aromatic heterocycles. The SMILES string of the molecule is CCCOc1c(Cl)cc(C(=O)N2CCc3cc(S(=O)(=O)N(C)C)ccc32)cc1OCC. The number of carbonyl (C=O) groups is 1. The van der Waals surface area contributed by atoms with E-state index in [1.165, 1.54) is 24.5 Å². The zero-order valence-corrected chi connectivity index (χ0v) is 19.7. The molecule has 0 N–H and O–H groups in total. The van der Waals surface area contributed by atoms with Crippen molar-refractivity contribution in [3.8, 4) is 11.5 Å². The number of sulfonamides is 1. The molecule has 0 bridgehead atoms. The highest BCUT2D eigenvalue weighted by Crippen LogP contribution is 2.38. The van der Waals surface area contributed by atoms with E-state index in [2.05, 4.69) is 0 Å². The van der Waals surface area contributed by atoms with Crippen LogP contribution in [0.4, 0.5) is 5.69 Å². The van der Waals surface area contributed by atoms with Gasteiger partial charge in [0.1, 0.15) is 0 Å². The lowest BCUT2D eigenvalue weighted by atomic mass is 10.1. The second-order valence-corrected chi connectivity index (χ2v) is 9.91. The van der Waals surface area contributed by atoms with Crippen LogP contribution in [-0.2, 0) is 16.4 Å². The van der Waals surface area contributed by atoms with Crippen LogP contribution in [0.3, 0.4) is 0 Å². The zero-order chi connectivity index (χ0) is 22.8. The van der Waals surface area contributed by atoms with Gasteiger partial charge >= 0.3 is 0 Å². The summed E-state index contributed by atoms with van der Waals surface area (Å²) in [5, 5.41) is 0.314. The highest BCUT2D eigenvalue weighted by molar-refractivity contribution is 7.89. The summed E-state index contributed by atoms with van der Waals surface area (Å²) in [6, 6.07) is 8.07. The minimum absolute atomic E-state index is 0.213. The quantitative estimate of drug-likeness (QED) is 0.588. The number of hydrogen-bond donors (Lipinski definition) is 0. The number of nitrogens with zero attached hydrogens (tertiary/aromatic N) is 2. The van der Waals surface area contributed by atoms with Crippen LogP contribution in [0.25, 0.3) is 0 Å². The van der Waals surface area contributed by atoms with Gasteiger partial charge in [0.25, 0.3) is 5.91 Å². The van der Waals surface area contributed by atoms with Gasteiger partial charge in [-0.15, -0.1) is 0 Å². The van der Waals surface area contributed by atoms with Crippen molar-refractivity contribution in [2.45, 2.75) is 31.6 Å². The van der Waals surface area contributed by atoms with E-state index >= 15 is 0 Å². The molecule has 1 aliphatic heterocycles. The first-order valence-electron chi connectivity index (χ1n) is 10.2. The molecule has 0 saturated carbocycles. The lowest BCUT2D eigenvalue weighted by Gasteiger charge is -2.20. The maximum Gasteiger partial charge on any atom is 0.258 e. The van der Waals surface area contributed by atoms with E-state index in [9.17, 15) is 13.2 Å². The van der Waals surface area contributed by atoms with Gasteiger partial charge in [-0.2, -0.15) is 0 Å². The number of benzene rings is 2. The van der Waals surface area contributed by atoms with Crippen LogP contribution in [0, 0.1) is 0 Å². The Morgan fingerprint density at radius 3 is 2.55 bits per heavy atom. The fraction of sp³-hybridized carbons (Fsp3) is 0.409. The first-order chi connectivity index (χ1) is 14.7. The standard InChI is InChI=1S/C22H27ClN2O5S/c1-5-11-30-21-18(23)13-16(14-20(21)29-6-2)22(26)25-10-9-15-12-17(7-8-19(15)25)31(27,28)24(3)4/h7-8,12-14H,5-6,9-11H2,1-4H3. The van der Waals surface area contributed by atoms with Crippen LogP contribution in [-0.4, -0.2) is 52.5 Å². The number of fused-ring (bicyclic) bond motifs is 1. The summed E-state index contributed by atoms with van der Waals surface area (Å²) in [6.45, 7) is 5.19. The van der Waals surface area contributed by atoms with Gasteiger partial charge in [0.2, 0.25) is 10.0 Å². The van der Waals surface area contributed by atoms with Crippen LogP contribution >= 0.6 is 11.6 Å². The first kappa shape index (κ1) is 23.4. The first-order valence-corrected chi connectivity index (χ1v) is 12.0. The second kappa shape index (κ2) is 9.46. The van der Waals surface area contributed by atoms with Crippen molar-refractivity contribution in [1.29, 1.82) is 0 Å². The molecule has 1 aliphatic rings. The number of anilines is 1. The molecule has 0 spiro atoms. The largest absolute Gasteiger partial charge is 0.490 e. The Bertz CT molecular complexity index is 1090. The van der Waals surface area contributed by atoms with Crippen molar-refractivity contribution in [2.75, 3.05) is 38.8 Å². The summed E-state index contributed by atoms with van der Waals surface area (Å²) in [7, 11) is -0.552. The predicted molar refractivity (Wildman–Crippen MR) is 121 cm³/mol. The van der Waals surface area contributed by atoms with E-state index in [0.717, 1.165) is 12.0 Å². The second-order valence-electron chi connectivity index (χ2n) is 7.35. The van der Waals surface area contributed by atoms with Crippen molar-refractivity contribution < 1.29 is 22.7 Å². The molecule has 0 fully saturated rings. The molecule has 0 saturated heterocycles. The molecule has 2 aromatic rings. The molecule has 0 aliphatic carbocycles. The van der Waals surface area contributed by atoms with Crippen LogP contribution in [0.1, 0.15) is 36.2 Å². The maximum atomic E-state index is 13.3. The third kappa shape index (κ3) is 4.66. The molecule has 9 heteroatoms. The Hall–Kier alpha value is -2.29. The molecule has 0 radical (unpaired) electrons. The van der Waals surface area contributed by atoms with Gasteiger partial charge in [0.15, 0.2) is 11.5 Å². The Morgan fingerprint density at radius 2 is 1.90 bits per heavy atom. The number of rotatable bonds is 8. The molecule has 31 heavy (non-hydrogen) atoms. The molecule has 1 heterocycles. The fourth-order valence-corrected chi connectivity index (χ4v) is 4.63. The fourth-order valence-electron chi connectivity index (χ4n) is 3.41. The van der Waals surface area contributed by atoms with E-state index in [0.29, 0.717) is 54.0 Å². The van der Waals surface area contributed by atoms with Gasteiger partial charge in [-0.25, -0.2) is 12.7 Å². The molecular formula is C22H27ClN2O5S. The van der Waals surface area contributed by atoms with Crippen LogP contribution in [0.5, 0.6) is 11.5 Å². The molecule has 0 atom stereocenters. The number of amides is 1. The van der Waals surface area contributed by atoms with Crippen LogP contribution < -0.4 is 14.4 Å². The normalized spacial score (nSPS) is 13.4. The van der Waals surface area contributed by atoms with Gasteiger partial charge in [0.05, 0.1) is 23.1 Å². The summed E-state index contributed by atoms with van der Waals surface area (Å²) in [4.78, 5) is 15.1. The number of hydrogen-bond acceptors (Lipinski definition) is 5. The third-order valence-corrected chi connectivity index (χ3v) is 7.07. The monoisotopic (exact) mass is 466 g/mol. The highest BCUT2D eigenvalue weighted by Gasteiger charge is 2.29. The average molecular weight is 467 g/mol. The molecule has 0 unspecified atom stereocenters. The van der Waals surface area contributed by atoms with Gasteiger partial charge in [-0.3, -0.25) is 4.79 Å². The number of halogens is 1. The van der Waals surface area contributed by atoms with Crippen molar-refractivity contribution in [2.24, 2.45) is 0 Å². The number of ether oxygens (including phenoxy) is 2. The maximum absolute atomic E-state index is 13.3. The van der Waals surface area contributed by atoms with Crippen molar-refractivity contribution in [3.63, 3.8) is 0 Å². The van der Waals surface area contributed by atoms with Crippen LogP contribution in [0.15, 0.2) is 35.2 Å². The predicted octanol–water partition coefficient (Wildman–Crippen LogP) is 3.98. The Labute approximate surface area is 188 Å². The smallest absolute Gasteiger partial charge is 0.258 e. The summed E-state index contributed by atoms with van der Waals surface area (Å²) in [5.74, 6) is 0.632. The molecule has 3 rings (SSSR count). The van der Waals surface area contributed by atoms with Crippen molar-refractivity contribution in [3.05, 3.63) is 46.5 Å².